The van der Waals surface area contributed by atoms with Crippen LogP contribution in [-0.4, -0.2) is 13.2 Å². The zero-order valence-corrected chi connectivity index (χ0v) is 11.9. The fourth-order valence-electron chi connectivity index (χ4n) is 1.59. The van der Waals surface area contributed by atoms with Crippen molar-refractivity contribution in [3.05, 3.63) is 11.3 Å². The number of furan rings is 1. The Kier molecular flexibility index (Phi) is 2.81. The molecule has 0 saturated heterocycles. The highest BCUT2D eigenvalue weighted by atomic mass is 28.3. The van der Waals surface area contributed by atoms with Crippen LogP contribution in [0.25, 0.3) is 0 Å². The molecule has 0 aromatic carbocycles. The summed E-state index contributed by atoms with van der Waals surface area (Å²) in [5.41, 5.74) is 0.930. The largest absolute Gasteiger partial charge is 0.504 e. The zero-order chi connectivity index (χ0) is 12.0. The molecule has 0 atom stereocenters. The van der Waals surface area contributed by atoms with Crippen LogP contribution in [0.1, 0.15) is 32.1 Å². The number of aryl methyl sites for hydroxylation is 1. The molecule has 0 unspecified atom stereocenters. The molecule has 0 aliphatic carbocycles. The topological polar surface area (TPSA) is 33.4 Å². The van der Waals surface area contributed by atoms with Crippen molar-refractivity contribution < 1.29 is 9.52 Å². The Labute approximate surface area is 93.3 Å². The van der Waals surface area contributed by atoms with Gasteiger partial charge < -0.3 is 9.52 Å². The Balaban J connectivity index is 3.34. The molecule has 1 aromatic heterocycles. The van der Waals surface area contributed by atoms with Gasteiger partial charge in [-0.1, -0.05) is 33.9 Å². The lowest BCUT2D eigenvalue weighted by molar-refractivity contribution is 0.445. The lowest BCUT2D eigenvalue weighted by Crippen LogP contribution is -2.49. The predicted octanol–water partition coefficient (Wildman–Crippen LogP) is 3.32. The van der Waals surface area contributed by atoms with Crippen LogP contribution in [-0.2, 0) is 0 Å². The highest BCUT2D eigenvalue weighted by Gasteiger charge is 2.41. The van der Waals surface area contributed by atoms with Gasteiger partial charge in [-0.2, -0.15) is 0 Å². The Morgan fingerprint density at radius 1 is 1.13 bits per heavy atom. The van der Waals surface area contributed by atoms with E-state index in [1.165, 1.54) is 0 Å². The van der Waals surface area contributed by atoms with Gasteiger partial charge in [-0.25, -0.2) is 0 Å². The Hall–Kier alpha value is -0.703. The summed E-state index contributed by atoms with van der Waals surface area (Å²) in [6, 6.07) is 0. The summed E-state index contributed by atoms with van der Waals surface area (Å²) in [4.78, 5) is 0. The van der Waals surface area contributed by atoms with Crippen molar-refractivity contribution in [3.8, 4) is 5.75 Å². The molecule has 0 spiro atoms. The molecule has 1 rings (SSSR count). The molecule has 15 heavy (non-hydrogen) atoms. The molecule has 0 radical (unpaired) electrons. The number of aromatic hydroxyl groups is 1. The molecule has 0 aliphatic rings. The summed E-state index contributed by atoms with van der Waals surface area (Å²) in [5, 5.41) is 11.0. The van der Waals surface area contributed by atoms with E-state index in [4.69, 9.17) is 4.42 Å². The van der Waals surface area contributed by atoms with Crippen molar-refractivity contribution in [2.45, 2.75) is 52.8 Å². The summed E-state index contributed by atoms with van der Waals surface area (Å²) in [6.07, 6.45) is 0. The van der Waals surface area contributed by atoms with Gasteiger partial charge in [0.2, 0.25) is 0 Å². The third-order valence-corrected chi connectivity index (χ3v) is 9.09. The summed E-state index contributed by atoms with van der Waals surface area (Å²) < 4.78 is 5.75. The molecule has 0 fully saturated rings. The van der Waals surface area contributed by atoms with Crippen LogP contribution >= 0.6 is 0 Å². The minimum atomic E-state index is -1.66. The van der Waals surface area contributed by atoms with Crippen LogP contribution in [0.4, 0.5) is 0 Å². The van der Waals surface area contributed by atoms with Crippen molar-refractivity contribution >= 4 is 13.5 Å². The fourth-order valence-corrected chi connectivity index (χ4v) is 3.73. The smallest absolute Gasteiger partial charge is 0.159 e. The van der Waals surface area contributed by atoms with E-state index in [-0.39, 0.29) is 5.04 Å². The van der Waals surface area contributed by atoms with Crippen molar-refractivity contribution in [2.75, 3.05) is 0 Å². The maximum atomic E-state index is 9.78. The van der Waals surface area contributed by atoms with Gasteiger partial charge in [-0.05, 0) is 18.9 Å². The highest BCUT2D eigenvalue weighted by Crippen LogP contribution is 2.38. The molecule has 0 saturated carbocycles. The Morgan fingerprint density at radius 2 is 1.60 bits per heavy atom. The van der Waals surface area contributed by atoms with Gasteiger partial charge >= 0.3 is 0 Å². The minimum Gasteiger partial charge on any atom is -0.504 e. The summed E-state index contributed by atoms with van der Waals surface area (Å²) >= 11 is 0. The van der Waals surface area contributed by atoms with Gasteiger partial charge in [0.1, 0.15) is 13.8 Å². The van der Waals surface area contributed by atoms with Gasteiger partial charge in [-0.15, -0.1) is 0 Å². The second kappa shape index (κ2) is 3.41. The van der Waals surface area contributed by atoms with E-state index in [9.17, 15) is 5.11 Å². The van der Waals surface area contributed by atoms with Crippen molar-refractivity contribution in [2.24, 2.45) is 0 Å². The molecular weight excluding hydrogens is 204 g/mol. The molecule has 1 heterocycles. The van der Waals surface area contributed by atoms with Crippen LogP contribution in [0.2, 0.25) is 18.1 Å². The first-order valence-corrected chi connectivity index (χ1v) is 8.38. The maximum absolute atomic E-state index is 9.78. The van der Waals surface area contributed by atoms with Crippen molar-refractivity contribution in [1.82, 2.24) is 0 Å². The van der Waals surface area contributed by atoms with Gasteiger partial charge in [0.25, 0.3) is 0 Å². The second-order valence-electron chi connectivity index (χ2n) is 5.84. The Bertz CT molecular complexity index is 370. The maximum Gasteiger partial charge on any atom is 0.159 e. The van der Waals surface area contributed by atoms with E-state index < -0.39 is 8.07 Å². The van der Waals surface area contributed by atoms with Crippen molar-refractivity contribution in [1.29, 1.82) is 0 Å². The third kappa shape index (κ3) is 1.85. The lowest BCUT2D eigenvalue weighted by Gasteiger charge is -2.35. The highest BCUT2D eigenvalue weighted by molar-refractivity contribution is 6.91. The minimum absolute atomic E-state index is 0.231. The van der Waals surface area contributed by atoms with E-state index >= 15 is 0 Å². The number of hydrogen-bond acceptors (Lipinski definition) is 2. The van der Waals surface area contributed by atoms with Crippen LogP contribution in [0.5, 0.6) is 5.75 Å². The molecule has 0 amide bonds. The molecule has 86 valence electrons. The van der Waals surface area contributed by atoms with Gasteiger partial charge in [0, 0.05) is 5.56 Å². The SMILES string of the molecule is Cc1oc([Si](C)(C)C(C)(C)C)c(C)c1O. The quantitative estimate of drug-likeness (QED) is 0.745. The van der Waals surface area contributed by atoms with Crippen molar-refractivity contribution in [3.63, 3.8) is 0 Å². The van der Waals surface area contributed by atoms with E-state index in [0.29, 0.717) is 11.5 Å². The summed E-state index contributed by atoms with van der Waals surface area (Å²) in [6.45, 7) is 15.1. The molecular formula is C12H22O2Si. The predicted molar refractivity (Wildman–Crippen MR) is 66.7 cm³/mol. The average molecular weight is 226 g/mol. The van der Waals surface area contributed by atoms with Crippen LogP contribution in [0.3, 0.4) is 0 Å². The van der Waals surface area contributed by atoms with Gasteiger partial charge in [-0.3, -0.25) is 0 Å². The zero-order valence-electron chi connectivity index (χ0n) is 10.9. The molecule has 2 nitrogen and oxygen atoms in total. The third-order valence-electron chi connectivity index (χ3n) is 3.73. The van der Waals surface area contributed by atoms with Gasteiger partial charge in [0.15, 0.2) is 5.75 Å². The Morgan fingerprint density at radius 3 is 1.87 bits per heavy atom. The molecule has 1 N–H and O–H groups in total. The van der Waals surface area contributed by atoms with E-state index in [1.54, 1.807) is 0 Å². The molecule has 3 heteroatoms. The standard InChI is InChI=1S/C12H22O2Si/c1-8-10(13)9(2)14-11(8)15(6,7)12(3,4)5/h13H,1-7H3. The lowest BCUT2D eigenvalue weighted by atomic mass is 10.2. The summed E-state index contributed by atoms with van der Waals surface area (Å²) in [7, 11) is -1.66. The average Bonchev–Trinajstić information content (AvgIpc) is 2.31. The van der Waals surface area contributed by atoms with Gasteiger partial charge in [0.05, 0.1) is 5.38 Å². The summed E-state index contributed by atoms with van der Waals surface area (Å²) in [5.74, 6) is 0.974. The second-order valence-corrected chi connectivity index (χ2v) is 11.0. The first kappa shape index (κ1) is 12.4. The monoisotopic (exact) mass is 226 g/mol. The van der Waals surface area contributed by atoms with Crippen LogP contribution in [0.15, 0.2) is 4.42 Å². The first-order chi connectivity index (χ1) is 6.59. The number of hydrogen-bond donors (Lipinski definition) is 1. The number of rotatable bonds is 1. The van der Waals surface area contributed by atoms with E-state index in [1.807, 2.05) is 13.8 Å². The van der Waals surface area contributed by atoms with E-state index in [0.717, 1.165) is 10.9 Å². The van der Waals surface area contributed by atoms with Crippen LogP contribution < -0.4 is 5.38 Å². The first-order valence-electron chi connectivity index (χ1n) is 5.38. The van der Waals surface area contributed by atoms with E-state index in [2.05, 4.69) is 33.9 Å². The van der Waals surface area contributed by atoms with Crippen LogP contribution in [0, 0.1) is 13.8 Å². The molecule has 0 bridgehead atoms. The normalized spacial score (nSPS) is 13.3. The molecule has 1 aromatic rings. The fraction of sp³-hybridized carbons (Fsp3) is 0.667. The molecule has 0 aliphatic heterocycles.